The second-order valence-electron chi connectivity index (χ2n) is 12.6. The summed E-state index contributed by atoms with van der Waals surface area (Å²) in [4.78, 5) is 9.79. The van der Waals surface area contributed by atoms with E-state index in [0.29, 0.717) is 0 Å². The number of nitrogens with zero attached hydrogens (tertiary/aromatic N) is 5. The second-order valence-corrected chi connectivity index (χ2v) is 12.6. The average molecular weight is 594 g/mol. The van der Waals surface area contributed by atoms with E-state index in [9.17, 15) is 0 Å². The van der Waals surface area contributed by atoms with Crippen LogP contribution in [-0.4, -0.2) is 27.8 Å². The van der Waals surface area contributed by atoms with Crippen molar-refractivity contribution < 1.29 is 0 Å². The Hall–Kier alpha value is -5.81. The van der Waals surface area contributed by atoms with Crippen molar-refractivity contribution in [3.63, 3.8) is 0 Å². The molecular formula is C41H31N5. The molecule has 8 aromatic rings. The molecule has 46 heavy (non-hydrogen) atoms. The van der Waals surface area contributed by atoms with Crippen LogP contribution < -0.4 is 9.80 Å². The van der Waals surface area contributed by atoms with Gasteiger partial charge in [-0.05, 0) is 83.3 Å². The van der Waals surface area contributed by atoms with Crippen LogP contribution in [0, 0.1) is 0 Å². The Bertz CT molecular complexity index is 2530. The number of imidazole rings is 1. The number of benzene rings is 6. The summed E-state index contributed by atoms with van der Waals surface area (Å²) in [6.07, 6.45) is 0.950. The molecule has 0 bridgehead atoms. The van der Waals surface area contributed by atoms with Crippen molar-refractivity contribution in [1.82, 2.24) is 14.1 Å². The Kier molecular flexibility index (Phi) is 5.18. The van der Waals surface area contributed by atoms with Gasteiger partial charge >= 0.3 is 0 Å². The molecule has 0 N–H and O–H groups in total. The third kappa shape index (κ3) is 3.48. The maximum atomic E-state index is 5.07. The summed E-state index contributed by atoms with van der Waals surface area (Å²) in [7, 11) is 4.28. The van der Waals surface area contributed by atoms with Crippen LogP contribution >= 0.6 is 0 Å². The van der Waals surface area contributed by atoms with Gasteiger partial charge in [0, 0.05) is 41.8 Å². The molecule has 1 aliphatic carbocycles. The van der Waals surface area contributed by atoms with Crippen LogP contribution in [0.1, 0.15) is 11.1 Å². The number of hydrogen-bond acceptors (Lipinski definition) is 3. The summed E-state index contributed by atoms with van der Waals surface area (Å²) in [5, 5.41) is 2.62. The Morgan fingerprint density at radius 1 is 0.609 bits per heavy atom. The van der Waals surface area contributed by atoms with Crippen LogP contribution in [0.5, 0.6) is 0 Å². The summed E-state index contributed by atoms with van der Waals surface area (Å²) in [6, 6.07) is 46.5. The monoisotopic (exact) mass is 593 g/mol. The summed E-state index contributed by atoms with van der Waals surface area (Å²) in [5.74, 6) is 0.975. The lowest BCUT2D eigenvalue weighted by Crippen LogP contribution is -2.24. The highest BCUT2D eigenvalue weighted by atomic mass is 15.4. The molecule has 0 saturated heterocycles. The third-order valence-electron chi connectivity index (χ3n) is 10.1. The summed E-state index contributed by atoms with van der Waals surface area (Å²) < 4.78 is 4.68. The Morgan fingerprint density at radius 3 is 2.33 bits per heavy atom. The molecule has 3 heterocycles. The first-order valence-electron chi connectivity index (χ1n) is 15.9. The zero-order valence-electron chi connectivity index (χ0n) is 25.8. The minimum atomic E-state index is 0.818. The highest BCUT2D eigenvalue weighted by Gasteiger charge is 2.27. The topological polar surface area (TPSA) is 29.2 Å². The van der Waals surface area contributed by atoms with Crippen molar-refractivity contribution in [3.8, 4) is 28.2 Å². The molecule has 0 saturated carbocycles. The zero-order valence-corrected chi connectivity index (χ0v) is 25.8. The smallest absolute Gasteiger partial charge is 0.140 e. The quantitative estimate of drug-likeness (QED) is 0.204. The first-order valence-corrected chi connectivity index (χ1v) is 15.9. The Morgan fingerprint density at radius 2 is 1.41 bits per heavy atom. The lowest BCUT2D eigenvalue weighted by atomic mass is 10.0. The SMILES string of the molecule is CN1CN(c2cccc(-n3c4cc(-c5nc6ccccc6n5C)ccc4c4c5c(ccc43)-c3ccccc3C5)c2)c2ccccc21. The van der Waals surface area contributed by atoms with E-state index in [4.69, 9.17) is 4.98 Å². The molecule has 0 fully saturated rings. The largest absolute Gasteiger partial charge is 0.355 e. The Balaban J connectivity index is 1.23. The van der Waals surface area contributed by atoms with Crippen LogP contribution in [-0.2, 0) is 13.5 Å². The van der Waals surface area contributed by atoms with E-state index in [-0.39, 0.29) is 0 Å². The zero-order chi connectivity index (χ0) is 30.5. The van der Waals surface area contributed by atoms with Crippen molar-refractivity contribution in [3.05, 3.63) is 139 Å². The normalized spacial score (nSPS) is 13.6. The number of aromatic nitrogens is 3. The molecule has 5 nitrogen and oxygen atoms in total. The van der Waals surface area contributed by atoms with Crippen molar-refractivity contribution in [2.24, 2.45) is 7.05 Å². The molecule has 0 radical (unpaired) electrons. The van der Waals surface area contributed by atoms with Crippen LogP contribution in [0.15, 0.2) is 127 Å². The molecule has 0 atom stereocenters. The maximum absolute atomic E-state index is 5.07. The van der Waals surface area contributed by atoms with E-state index in [1.165, 1.54) is 61.1 Å². The molecule has 6 aromatic carbocycles. The second kappa shape index (κ2) is 9.35. The molecule has 0 unspecified atom stereocenters. The highest BCUT2D eigenvalue weighted by molar-refractivity contribution is 6.14. The van der Waals surface area contributed by atoms with Gasteiger partial charge in [0.25, 0.3) is 0 Å². The average Bonchev–Trinajstić information content (AvgIpc) is 3.84. The fraction of sp³-hybridized carbons (Fsp3) is 0.0976. The molecule has 5 heteroatoms. The van der Waals surface area contributed by atoms with Gasteiger partial charge in [0.05, 0.1) is 40.1 Å². The van der Waals surface area contributed by atoms with E-state index < -0.39 is 0 Å². The van der Waals surface area contributed by atoms with E-state index in [0.717, 1.165) is 41.2 Å². The van der Waals surface area contributed by atoms with Gasteiger partial charge in [-0.1, -0.05) is 72.8 Å². The number of para-hydroxylation sites is 4. The van der Waals surface area contributed by atoms with Gasteiger partial charge in [0.15, 0.2) is 0 Å². The lowest BCUT2D eigenvalue weighted by molar-refractivity contribution is 0.948. The van der Waals surface area contributed by atoms with Crippen molar-refractivity contribution in [1.29, 1.82) is 0 Å². The molecule has 10 rings (SSSR count). The van der Waals surface area contributed by atoms with Crippen LogP contribution in [0.4, 0.5) is 17.1 Å². The first-order chi connectivity index (χ1) is 22.6. The molecular weight excluding hydrogens is 562 g/mol. The van der Waals surface area contributed by atoms with Crippen molar-refractivity contribution >= 4 is 49.9 Å². The molecule has 220 valence electrons. The predicted octanol–water partition coefficient (Wildman–Crippen LogP) is 9.45. The van der Waals surface area contributed by atoms with E-state index >= 15 is 0 Å². The van der Waals surface area contributed by atoms with Crippen LogP contribution in [0.25, 0.3) is 61.0 Å². The van der Waals surface area contributed by atoms with Crippen molar-refractivity contribution in [2.45, 2.75) is 6.42 Å². The molecule has 0 spiro atoms. The lowest BCUT2D eigenvalue weighted by Gasteiger charge is -2.21. The maximum Gasteiger partial charge on any atom is 0.140 e. The van der Waals surface area contributed by atoms with Crippen LogP contribution in [0.3, 0.4) is 0 Å². The molecule has 2 aliphatic rings. The molecule has 0 amide bonds. The third-order valence-corrected chi connectivity index (χ3v) is 10.1. The number of hydrogen-bond donors (Lipinski definition) is 0. The summed E-state index contributed by atoms with van der Waals surface area (Å²) in [6.45, 7) is 0.818. The fourth-order valence-corrected chi connectivity index (χ4v) is 7.97. The standard InChI is InChI=1S/C41H31N5/c1-43-25-45(37-17-8-7-16-36(37)43)28-11-9-12-29(24-28)46-38-21-20-31-30-13-4-3-10-26(30)22-33(31)40(38)32-19-18-27(23-39(32)46)41-42-34-14-5-6-15-35(34)44(41)2/h3-21,23-24H,22,25H2,1-2H3. The van der Waals surface area contributed by atoms with Gasteiger partial charge in [-0.15, -0.1) is 0 Å². The van der Waals surface area contributed by atoms with E-state index in [2.05, 4.69) is 160 Å². The number of anilines is 3. The number of aryl methyl sites for hydroxylation is 1. The van der Waals surface area contributed by atoms with Crippen LogP contribution in [0.2, 0.25) is 0 Å². The van der Waals surface area contributed by atoms with E-state index in [1.54, 1.807) is 0 Å². The van der Waals surface area contributed by atoms with Gasteiger partial charge in [-0.3, -0.25) is 0 Å². The number of rotatable bonds is 3. The van der Waals surface area contributed by atoms with Gasteiger partial charge in [-0.2, -0.15) is 0 Å². The first kappa shape index (κ1) is 25.5. The Labute approximate surface area is 267 Å². The highest BCUT2D eigenvalue weighted by Crippen LogP contribution is 2.46. The predicted molar refractivity (Wildman–Crippen MR) is 191 cm³/mol. The van der Waals surface area contributed by atoms with Gasteiger partial charge < -0.3 is 18.9 Å². The van der Waals surface area contributed by atoms with E-state index in [1.807, 2.05) is 0 Å². The minimum Gasteiger partial charge on any atom is -0.355 e. The van der Waals surface area contributed by atoms with Gasteiger partial charge in [0.1, 0.15) is 5.82 Å². The van der Waals surface area contributed by atoms with Gasteiger partial charge in [-0.25, -0.2) is 4.98 Å². The summed E-state index contributed by atoms with van der Waals surface area (Å²) in [5.41, 5.74) is 16.1. The molecule has 1 aliphatic heterocycles. The van der Waals surface area contributed by atoms with Gasteiger partial charge in [0.2, 0.25) is 0 Å². The molecule has 2 aromatic heterocycles. The fourth-order valence-electron chi connectivity index (χ4n) is 7.97. The summed E-state index contributed by atoms with van der Waals surface area (Å²) >= 11 is 0. The van der Waals surface area contributed by atoms with Crippen molar-refractivity contribution in [2.75, 3.05) is 23.5 Å². The minimum absolute atomic E-state index is 0.818. The number of fused-ring (bicyclic) bond motifs is 9.